The molecule has 2 aliphatic heterocycles. The molecule has 1 N–H and O–H groups in total. The first kappa shape index (κ1) is 15.5. The predicted octanol–water partition coefficient (Wildman–Crippen LogP) is 1.72. The number of rotatable bonds is 4. The molecule has 0 aromatic heterocycles. The maximum absolute atomic E-state index is 12.6. The largest absolute Gasteiger partial charge is 0.354 e. The van der Waals surface area contributed by atoms with Crippen LogP contribution in [0, 0.1) is 5.92 Å². The van der Waals surface area contributed by atoms with Crippen molar-refractivity contribution < 1.29 is 4.79 Å². The van der Waals surface area contributed by atoms with Crippen LogP contribution in [-0.2, 0) is 11.3 Å². The van der Waals surface area contributed by atoms with Gasteiger partial charge in [-0.2, -0.15) is 0 Å². The van der Waals surface area contributed by atoms with Crippen LogP contribution >= 0.6 is 0 Å². The van der Waals surface area contributed by atoms with Gasteiger partial charge in [-0.3, -0.25) is 14.6 Å². The molecule has 2 aliphatic rings. The fourth-order valence-corrected chi connectivity index (χ4v) is 3.85. The highest BCUT2D eigenvalue weighted by molar-refractivity contribution is 5.89. The number of nitrogens with one attached hydrogen (secondary N) is 1. The zero-order valence-electron chi connectivity index (χ0n) is 13.7. The number of piperazine rings is 1. The van der Waals surface area contributed by atoms with E-state index in [1.165, 1.54) is 5.56 Å². The number of hydrogen-bond acceptors (Lipinski definition) is 3. The average molecular weight is 301 g/mol. The van der Waals surface area contributed by atoms with Crippen LogP contribution in [-0.4, -0.2) is 54.0 Å². The second-order valence-corrected chi connectivity index (χ2v) is 7.07. The molecule has 0 saturated carbocycles. The van der Waals surface area contributed by atoms with E-state index in [1.807, 2.05) is 6.07 Å². The molecule has 4 heteroatoms. The quantitative estimate of drug-likeness (QED) is 0.920. The molecule has 1 amide bonds. The van der Waals surface area contributed by atoms with Crippen molar-refractivity contribution in [2.24, 2.45) is 5.92 Å². The molecule has 1 unspecified atom stereocenters. The van der Waals surface area contributed by atoms with Crippen LogP contribution in [0.5, 0.6) is 0 Å². The summed E-state index contributed by atoms with van der Waals surface area (Å²) in [5.41, 5.74) is 0.960. The third-order valence-corrected chi connectivity index (χ3v) is 4.86. The fraction of sp³-hybridized carbons (Fsp3) is 0.611. The van der Waals surface area contributed by atoms with Crippen molar-refractivity contribution in [3.05, 3.63) is 35.9 Å². The third-order valence-electron chi connectivity index (χ3n) is 4.86. The van der Waals surface area contributed by atoms with E-state index in [-0.39, 0.29) is 11.4 Å². The van der Waals surface area contributed by atoms with Crippen LogP contribution in [0.25, 0.3) is 0 Å². The summed E-state index contributed by atoms with van der Waals surface area (Å²) in [5, 5.41) is 3.06. The first-order valence-electron chi connectivity index (χ1n) is 8.40. The van der Waals surface area contributed by atoms with Gasteiger partial charge in [-0.1, -0.05) is 44.2 Å². The molecule has 1 aromatic rings. The van der Waals surface area contributed by atoms with Crippen molar-refractivity contribution in [1.82, 2.24) is 15.1 Å². The minimum atomic E-state index is -0.330. The SMILES string of the molecule is CC(C)CN1CCN(Cc2ccccc2)C2(CCNC2=O)C1. The van der Waals surface area contributed by atoms with Crippen molar-refractivity contribution in [1.29, 1.82) is 0 Å². The van der Waals surface area contributed by atoms with Gasteiger partial charge in [0.15, 0.2) is 0 Å². The molecular formula is C18H27N3O. The van der Waals surface area contributed by atoms with E-state index in [9.17, 15) is 4.79 Å². The number of carbonyl (C=O) groups excluding carboxylic acids is 1. The summed E-state index contributed by atoms with van der Waals surface area (Å²) in [6, 6.07) is 10.5. The highest BCUT2D eigenvalue weighted by Crippen LogP contribution is 2.31. The fourth-order valence-electron chi connectivity index (χ4n) is 3.85. The highest BCUT2D eigenvalue weighted by Gasteiger charge is 2.50. The van der Waals surface area contributed by atoms with E-state index in [4.69, 9.17) is 0 Å². The standard InChI is InChI=1S/C18H27N3O/c1-15(2)12-20-10-11-21(13-16-6-4-3-5-7-16)18(14-20)8-9-19-17(18)22/h3-7,15H,8-14H2,1-2H3,(H,19,22). The summed E-state index contributed by atoms with van der Waals surface area (Å²) < 4.78 is 0. The Bertz CT molecular complexity index is 516. The Labute approximate surface area is 133 Å². The van der Waals surface area contributed by atoms with Gasteiger partial charge in [0.2, 0.25) is 5.91 Å². The van der Waals surface area contributed by atoms with Gasteiger partial charge in [-0.05, 0) is 17.9 Å². The molecule has 1 aromatic carbocycles. The number of benzene rings is 1. The summed E-state index contributed by atoms with van der Waals surface area (Å²) in [5.74, 6) is 0.860. The first-order chi connectivity index (χ1) is 10.6. The number of nitrogens with zero attached hydrogens (tertiary/aromatic N) is 2. The van der Waals surface area contributed by atoms with Crippen LogP contribution in [0.4, 0.5) is 0 Å². The van der Waals surface area contributed by atoms with Crippen molar-refractivity contribution in [3.63, 3.8) is 0 Å². The molecule has 2 heterocycles. The molecule has 3 rings (SSSR count). The molecule has 2 saturated heterocycles. The molecule has 120 valence electrons. The minimum Gasteiger partial charge on any atom is -0.354 e. The third kappa shape index (κ3) is 3.03. The molecule has 0 bridgehead atoms. The Hall–Kier alpha value is -1.39. The van der Waals surface area contributed by atoms with Gasteiger partial charge in [0.05, 0.1) is 0 Å². The van der Waals surface area contributed by atoms with Gasteiger partial charge in [-0.15, -0.1) is 0 Å². The van der Waals surface area contributed by atoms with Crippen LogP contribution in [0.2, 0.25) is 0 Å². The van der Waals surface area contributed by atoms with E-state index in [0.717, 1.165) is 45.7 Å². The van der Waals surface area contributed by atoms with Crippen LogP contribution in [0.3, 0.4) is 0 Å². The van der Waals surface area contributed by atoms with Gasteiger partial charge in [0, 0.05) is 39.3 Å². The van der Waals surface area contributed by atoms with Gasteiger partial charge in [0.1, 0.15) is 5.54 Å². The topological polar surface area (TPSA) is 35.6 Å². The summed E-state index contributed by atoms with van der Waals surface area (Å²) in [6.07, 6.45) is 0.924. The highest BCUT2D eigenvalue weighted by atomic mass is 16.2. The molecule has 0 radical (unpaired) electrons. The van der Waals surface area contributed by atoms with Crippen molar-refractivity contribution in [2.75, 3.05) is 32.7 Å². The first-order valence-corrected chi connectivity index (χ1v) is 8.40. The molecule has 22 heavy (non-hydrogen) atoms. The second kappa shape index (κ2) is 6.39. The molecule has 1 atom stereocenters. The van der Waals surface area contributed by atoms with Gasteiger partial charge in [0.25, 0.3) is 0 Å². The maximum Gasteiger partial charge on any atom is 0.241 e. The van der Waals surface area contributed by atoms with E-state index >= 15 is 0 Å². The lowest BCUT2D eigenvalue weighted by atomic mass is 9.90. The Balaban J connectivity index is 1.79. The van der Waals surface area contributed by atoms with Crippen molar-refractivity contribution in [2.45, 2.75) is 32.4 Å². The van der Waals surface area contributed by atoms with Crippen LogP contribution in [0.1, 0.15) is 25.8 Å². The Morgan fingerprint density at radius 3 is 2.64 bits per heavy atom. The number of hydrogen-bond donors (Lipinski definition) is 1. The zero-order chi connectivity index (χ0) is 15.6. The lowest BCUT2D eigenvalue weighted by Gasteiger charge is -2.47. The normalized spacial score (nSPS) is 26.8. The summed E-state index contributed by atoms with van der Waals surface area (Å²) in [7, 11) is 0. The van der Waals surface area contributed by atoms with E-state index in [1.54, 1.807) is 0 Å². The van der Waals surface area contributed by atoms with Crippen LogP contribution < -0.4 is 5.32 Å². The smallest absolute Gasteiger partial charge is 0.241 e. The second-order valence-electron chi connectivity index (χ2n) is 7.07. The molecule has 1 spiro atoms. The maximum atomic E-state index is 12.6. The molecule has 0 aliphatic carbocycles. The van der Waals surface area contributed by atoms with Crippen LogP contribution in [0.15, 0.2) is 30.3 Å². The van der Waals surface area contributed by atoms with Crippen molar-refractivity contribution >= 4 is 5.91 Å². The lowest BCUT2D eigenvalue weighted by molar-refractivity contribution is -0.135. The van der Waals surface area contributed by atoms with Gasteiger partial charge >= 0.3 is 0 Å². The Morgan fingerprint density at radius 2 is 2.00 bits per heavy atom. The molecule has 4 nitrogen and oxygen atoms in total. The Morgan fingerprint density at radius 1 is 1.23 bits per heavy atom. The summed E-state index contributed by atoms with van der Waals surface area (Å²) in [6.45, 7) is 10.1. The number of carbonyl (C=O) groups is 1. The zero-order valence-corrected chi connectivity index (χ0v) is 13.7. The minimum absolute atomic E-state index is 0.219. The predicted molar refractivity (Wildman–Crippen MR) is 88.5 cm³/mol. The summed E-state index contributed by atoms with van der Waals surface area (Å²) in [4.78, 5) is 17.5. The summed E-state index contributed by atoms with van der Waals surface area (Å²) >= 11 is 0. The lowest BCUT2D eigenvalue weighted by Crippen LogP contribution is -2.65. The van der Waals surface area contributed by atoms with E-state index in [2.05, 4.69) is 53.2 Å². The Kier molecular flexibility index (Phi) is 4.50. The monoisotopic (exact) mass is 301 g/mol. The van der Waals surface area contributed by atoms with E-state index in [0.29, 0.717) is 5.92 Å². The number of amides is 1. The molecule has 2 fully saturated rings. The molecular weight excluding hydrogens is 274 g/mol. The van der Waals surface area contributed by atoms with E-state index < -0.39 is 0 Å². The van der Waals surface area contributed by atoms with Gasteiger partial charge in [-0.25, -0.2) is 0 Å². The van der Waals surface area contributed by atoms with Gasteiger partial charge < -0.3 is 5.32 Å². The van der Waals surface area contributed by atoms with Crippen molar-refractivity contribution in [3.8, 4) is 0 Å². The average Bonchev–Trinajstić information content (AvgIpc) is 2.84.